The van der Waals surface area contributed by atoms with Gasteiger partial charge in [0.2, 0.25) is 5.91 Å². The van der Waals surface area contributed by atoms with Gasteiger partial charge in [-0.15, -0.1) is 0 Å². The van der Waals surface area contributed by atoms with Gasteiger partial charge in [-0.3, -0.25) is 19.6 Å². The third kappa shape index (κ3) is 4.41. The maximum atomic E-state index is 13.0. The molecule has 3 aromatic carbocycles. The summed E-state index contributed by atoms with van der Waals surface area (Å²) in [7, 11) is 0. The summed E-state index contributed by atoms with van der Waals surface area (Å²) in [5, 5.41) is 15.2. The van der Waals surface area contributed by atoms with E-state index >= 15 is 0 Å². The van der Waals surface area contributed by atoms with Crippen molar-refractivity contribution in [3.63, 3.8) is 0 Å². The van der Waals surface area contributed by atoms with Crippen molar-refractivity contribution in [2.24, 2.45) is 5.10 Å². The smallest absolute Gasteiger partial charge is 0.303 e. The van der Waals surface area contributed by atoms with Gasteiger partial charge in [-0.1, -0.05) is 54.6 Å². The highest BCUT2D eigenvalue weighted by molar-refractivity contribution is 6.04. The molecule has 2 heterocycles. The Morgan fingerprint density at radius 1 is 0.824 bits per heavy atom. The Labute approximate surface area is 196 Å². The fourth-order valence-electron chi connectivity index (χ4n) is 4.20. The van der Waals surface area contributed by atoms with Crippen LogP contribution in [0.1, 0.15) is 36.4 Å². The summed E-state index contributed by atoms with van der Waals surface area (Å²) in [4.78, 5) is 32.7. The number of benzene rings is 3. The van der Waals surface area contributed by atoms with Crippen molar-refractivity contribution in [3.8, 4) is 11.1 Å². The molecule has 1 aliphatic rings. The van der Waals surface area contributed by atoms with Crippen LogP contribution in [0.4, 0.5) is 0 Å². The van der Waals surface area contributed by atoms with E-state index in [-0.39, 0.29) is 24.8 Å². The van der Waals surface area contributed by atoms with E-state index in [0.717, 1.165) is 39.0 Å². The lowest BCUT2D eigenvalue weighted by Gasteiger charge is -2.22. The third-order valence-corrected chi connectivity index (χ3v) is 5.90. The average Bonchev–Trinajstić information content (AvgIpc) is 3.33. The predicted octanol–water partition coefficient (Wildman–Crippen LogP) is 4.84. The molecule has 5 rings (SSSR count). The normalized spacial score (nSPS) is 15.4. The molecule has 0 aliphatic carbocycles. The zero-order valence-electron chi connectivity index (χ0n) is 18.3. The van der Waals surface area contributed by atoms with Gasteiger partial charge >= 0.3 is 5.97 Å². The fraction of sp³-hybridized carbons (Fsp3) is 0.148. The first-order valence-corrected chi connectivity index (χ1v) is 11.1. The van der Waals surface area contributed by atoms with Gasteiger partial charge in [-0.05, 0) is 40.5 Å². The van der Waals surface area contributed by atoms with E-state index in [1.165, 1.54) is 5.01 Å². The molecule has 1 aliphatic heterocycles. The van der Waals surface area contributed by atoms with Gasteiger partial charge in [0.1, 0.15) is 0 Å². The van der Waals surface area contributed by atoms with Crippen molar-refractivity contribution in [1.29, 1.82) is 0 Å². The number of amides is 1. The van der Waals surface area contributed by atoms with Crippen LogP contribution in [-0.2, 0) is 9.59 Å². The van der Waals surface area contributed by atoms with Crippen LogP contribution >= 0.6 is 0 Å². The summed E-state index contributed by atoms with van der Waals surface area (Å²) in [5.41, 5.74) is 6.26. The summed E-state index contributed by atoms with van der Waals surface area (Å²) in [6.07, 6.45) is 3.44. The largest absolute Gasteiger partial charge is 0.481 e. The molecule has 1 amide bonds. The van der Waals surface area contributed by atoms with E-state index in [1.807, 2.05) is 54.6 Å². The molecule has 7 nitrogen and oxygen atoms in total. The van der Waals surface area contributed by atoms with Crippen LogP contribution in [0.15, 0.2) is 90.3 Å². The number of carboxylic acid groups (broad SMARTS) is 1. The van der Waals surface area contributed by atoms with Crippen molar-refractivity contribution in [3.05, 3.63) is 96.3 Å². The number of hydrogen-bond acceptors (Lipinski definition) is 5. The molecule has 1 aromatic heterocycles. The second-order valence-electron chi connectivity index (χ2n) is 8.15. The van der Waals surface area contributed by atoms with Gasteiger partial charge in [0, 0.05) is 25.2 Å². The van der Waals surface area contributed by atoms with Gasteiger partial charge in [0.25, 0.3) is 0 Å². The van der Waals surface area contributed by atoms with E-state index in [9.17, 15) is 9.59 Å². The number of carbonyl (C=O) groups excluding carboxylic acids is 1. The number of carboxylic acids is 1. The highest BCUT2D eigenvalue weighted by atomic mass is 16.4. The van der Waals surface area contributed by atoms with Crippen LogP contribution in [0.25, 0.3) is 22.2 Å². The molecule has 168 valence electrons. The Balaban J connectivity index is 1.50. The monoisotopic (exact) mass is 450 g/mol. The summed E-state index contributed by atoms with van der Waals surface area (Å²) in [5.74, 6) is -1.33. The Morgan fingerprint density at radius 3 is 2.35 bits per heavy atom. The number of aromatic nitrogens is 2. The van der Waals surface area contributed by atoms with Crippen LogP contribution in [0.2, 0.25) is 0 Å². The Bertz CT molecular complexity index is 1400. The first-order valence-electron chi connectivity index (χ1n) is 11.1. The number of nitrogens with zero attached hydrogens (tertiary/aromatic N) is 4. The van der Waals surface area contributed by atoms with E-state index in [0.29, 0.717) is 6.42 Å². The SMILES string of the molecule is O=C(O)CCC(=O)N1N=C(c2cccc(-c3ccccc3)c2)CC1c1ccc2nccnc2c1. The maximum Gasteiger partial charge on any atom is 0.303 e. The summed E-state index contributed by atoms with van der Waals surface area (Å²) < 4.78 is 0. The number of hydrazone groups is 1. The molecule has 0 spiro atoms. The van der Waals surface area contributed by atoms with Crippen LogP contribution in [0, 0.1) is 0 Å². The number of hydrogen-bond donors (Lipinski definition) is 1. The molecule has 0 saturated carbocycles. The molecular formula is C27H22N4O3. The Kier molecular flexibility index (Phi) is 5.82. The molecule has 0 saturated heterocycles. The highest BCUT2D eigenvalue weighted by Gasteiger charge is 2.33. The number of fused-ring (bicyclic) bond motifs is 1. The summed E-state index contributed by atoms with van der Waals surface area (Å²) in [6, 6.07) is 23.5. The number of carbonyl (C=O) groups is 2. The van der Waals surface area contributed by atoms with E-state index in [2.05, 4.69) is 33.3 Å². The van der Waals surface area contributed by atoms with Crippen molar-refractivity contribution >= 4 is 28.6 Å². The first-order chi connectivity index (χ1) is 16.6. The minimum absolute atomic E-state index is 0.111. The van der Waals surface area contributed by atoms with E-state index in [4.69, 9.17) is 5.11 Å². The molecule has 4 aromatic rings. The topological polar surface area (TPSA) is 95.8 Å². The molecule has 0 bridgehead atoms. The quantitative estimate of drug-likeness (QED) is 0.454. The third-order valence-electron chi connectivity index (χ3n) is 5.90. The zero-order chi connectivity index (χ0) is 23.5. The lowest BCUT2D eigenvalue weighted by atomic mass is 9.95. The second-order valence-corrected chi connectivity index (χ2v) is 8.15. The maximum absolute atomic E-state index is 13.0. The Morgan fingerprint density at radius 2 is 1.56 bits per heavy atom. The average molecular weight is 450 g/mol. The predicted molar refractivity (Wildman–Crippen MR) is 129 cm³/mol. The Hall–Kier alpha value is -4.39. The molecular weight excluding hydrogens is 428 g/mol. The highest BCUT2D eigenvalue weighted by Crippen LogP contribution is 2.35. The van der Waals surface area contributed by atoms with Gasteiger partial charge in [-0.2, -0.15) is 5.10 Å². The van der Waals surface area contributed by atoms with Gasteiger partial charge in [0.15, 0.2) is 0 Å². The van der Waals surface area contributed by atoms with Crippen molar-refractivity contribution in [1.82, 2.24) is 15.0 Å². The van der Waals surface area contributed by atoms with E-state index in [1.54, 1.807) is 12.4 Å². The van der Waals surface area contributed by atoms with Crippen LogP contribution in [0.5, 0.6) is 0 Å². The number of aliphatic carboxylic acids is 1. The molecule has 1 N–H and O–H groups in total. The van der Waals surface area contributed by atoms with Crippen molar-refractivity contribution in [2.75, 3.05) is 0 Å². The molecule has 1 atom stereocenters. The zero-order valence-corrected chi connectivity index (χ0v) is 18.3. The summed E-state index contributed by atoms with van der Waals surface area (Å²) in [6.45, 7) is 0. The fourth-order valence-corrected chi connectivity index (χ4v) is 4.20. The van der Waals surface area contributed by atoms with Gasteiger partial charge in [-0.25, -0.2) is 5.01 Å². The second kappa shape index (κ2) is 9.23. The van der Waals surface area contributed by atoms with Crippen LogP contribution in [-0.4, -0.2) is 37.7 Å². The molecule has 0 fully saturated rings. The van der Waals surface area contributed by atoms with Crippen molar-refractivity contribution in [2.45, 2.75) is 25.3 Å². The van der Waals surface area contributed by atoms with E-state index < -0.39 is 5.97 Å². The summed E-state index contributed by atoms with van der Waals surface area (Å²) >= 11 is 0. The molecule has 1 unspecified atom stereocenters. The van der Waals surface area contributed by atoms with Crippen molar-refractivity contribution < 1.29 is 14.7 Å². The molecule has 7 heteroatoms. The number of rotatable bonds is 6. The van der Waals surface area contributed by atoms with Gasteiger partial charge < -0.3 is 5.11 Å². The lowest BCUT2D eigenvalue weighted by molar-refractivity contribution is -0.141. The lowest BCUT2D eigenvalue weighted by Crippen LogP contribution is -2.27. The minimum Gasteiger partial charge on any atom is -0.481 e. The molecule has 0 radical (unpaired) electrons. The standard InChI is InChI=1S/C27H22N4O3/c32-26(11-12-27(33)34)31-25(21-9-10-22-24(16-21)29-14-13-28-22)17-23(30-31)20-8-4-7-19(15-20)18-5-2-1-3-6-18/h1-10,13-16,25H,11-12,17H2,(H,33,34). The van der Waals surface area contributed by atoms with Gasteiger partial charge in [0.05, 0.1) is 29.2 Å². The minimum atomic E-state index is -1.01. The van der Waals surface area contributed by atoms with Crippen LogP contribution < -0.4 is 0 Å². The first kappa shape index (κ1) is 21.5. The molecule has 34 heavy (non-hydrogen) atoms. The van der Waals surface area contributed by atoms with Crippen LogP contribution in [0.3, 0.4) is 0 Å².